The van der Waals surface area contributed by atoms with Crippen LogP contribution in [0.2, 0.25) is 0 Å². The molecule has 0 saturated carbocycles. The lowest BCUT2D eigenvalue weighted by Gasteiger charge is -2.12. The molecule has 0 aliphatic carbocycles. The SMILES string of the molecule is Oc1c(Nc2ccc(-c3ccc(-n4c5ccccc5c5cc6ccccc6cc54)cc3)cc2)ccc2sc3ccccc3c12. The Morgan fingerprint density at radius 1 is 0.523 bits per heavy atom. The Labute approximate surface area is 257 Å². The minimum absolute atomic E-state index is 0.290. The van der Waals surface area contributed by atoms with Gasteiger partial charge in [-0.25, -0.2) is 0 Å². The van der Waals surface area contributed by atoms with Gasteiger partial charge < -0.3 is 15.0 Å². The molecule has 0 atom stereocenters. The molecule has 0 aliphatic rings. The van der Waals surface area contributed by atoms with E-state index < -0.39 is 0 Å². The summed E-state index contributed by atoms with van der Waals surface area (Å²) in [6, 6.07) is 51.3. The summed E-state index contributed by atoms with van der Waals surface area (Å²) in [5.41, 5.74) is 7.48. The molecule has 0 fully saturated rings. The van der Waals surface area contributed by atoms with E-state index in [-0.39, 0.29) is 5.75 Å². The average Bonchev–Trinajstić information content (AvgIpc) is 3.61. The Hall–Kier alpha value is -5.58. The third kappa shape index (κ3) is 3.89. The molecule has 0 spiro atoms. The van der Waals surface area contributed by atoms with Crippen LogP contribution in [0.1, 0.15) is 0 Å². The number of anilines is 2. The van der Waals surface area contributed by atoms with Crippen molar-refractivity contribution < 1.29 is 5.11 Å². The molecular weight excluding hydrogens is 557 g/mol. The van der Waals surface area contributed by atoms with Crippen LogP contribution in [-0.2, 0) is 0 Å². The second-order valence-electron chi connectivity index (χ2n) is 11.3. The van der Waals surface area contributed by atoms with Gasteiger partial charge in [0.2, 0.25) is 0 Å². The molecule has 9 aromatic rings. The van der Waals surface area contributed by atoms with E-state index in [2.05, 4.69) is 137 Å². The monoisotopic (exact) mass is 582 g/mol. The molecule has 4 heteroatoms. The predicted molar refractivity (Wildman–Crippen MR) is 188 cm³/mol. The number of aromatic hydroxyl groups is 1. The van der Waals surface area contributed by atoms with Crippen LogP contribution in [0.15, 0.2) is 146 Å². The van der Waals surface area contributed by atoms with E-state index in [9.17, 15) is 5.11 Å². The molecule has 3 nitrogen and oxygen atoms in total. The highest BCUT2D eigenvalue weighted by Crippen LogP contribution is 2.43. The zero-order chi connectivity index (χ0) is 29.2. The number of hydrogen-bond acceptors (Lipinski definition) is 3. The highest BCUT2D eigenvalue weighted by molar-refractivity contribution is 7.25. The number of rotatable bonds is 4. The van der Waals surface area contributed by atoms with Gasteiger partial charge in [0.05, 0.1) is 16.7 Å². The van der Waals surface area contributed by atoms with Crippen molar-refractivity contribution in [1.82, 2.24) is 4.57 Å². The first-order valence-electron chi connectivity index (χ1n) is 14.7. The molecule has 9 rings (SSSR count). The van der Waals surface area contributed by atoms with Crippen LogP contribution in [-0.4, -0.2) is 9.67 Å². The molecule has 44 heavy (non-hydrogen) atoms. The maximum Gasteiger partial charge on any atom is 0.148 e. The number of para-hydroxylation sites is 1. The minimum Gasteiger partial charge on any atom is -0.505 e. The molecule has 208 valence electrons. The first kappa shape index (κ1) is 25.0. The summed E-state index contributed by atoms with van der Waals surface area (Å²) in [5, 5.41) is 21.6. The highest BCUT2D eigenvalue weighted by atomic mass is 32.1. The van der Waals surface area contributed by atoms with Gasteiger partial charge in [0, 0.05) is 42.3 Å². The van der Waals surface area contributed by atoms with Gasteiger partial charge in [-0.1, -0.05) is 84.9 Å². The zero-order valence-corrected chi connectivity index (χ0v) is 24.5. The van der Waals surface area contributed by atoms with Crippen molar-refractivity contribution in [3.05, 3.63) is 146 Å². The third-order valence-corrected chi connectivity index (χ3v) is 9.81. The van der Waals surface area contributed by atoms with Gasteiger partial charge in [-0.2, -0.15) is 0 Å². The molecule has 0 bridgehead atoms. The number of hydrogen-bond donors (Lipinski definition) is 2. The van der Waals surface area contributed by atoms with Crippen LogP contribution < -0.4 is 5.32 Å². The van der Waals surface area contributed by atoms with E-state index in [1.54, 1.807) is 11.3 Å². The first-order valence-corrected chi connectivity index (χ1v) is 15.6. The second-order valence-corrected chi connectivity index (χ2v) is 12.3. The zero-order valence-electron chi connectivity index (χ0n) is 23.7. The van der Waals surface area contributed by atoms with Crippen LogP contribution in [0.5, 0.6) is 5.75 Å². The number of fused-ring (bicyclic) bond motifs is 7. The summed E-state index contributed by atoms with van der Waals surface area (Å²) in [5.74, 6) is 0.290. The van der Waals surface area contributed by atoms with Crippen LogP contribution in [0.25, 0.3) is 69.6 Å². The predicted octanol–water partition coefficient (Wildman–Crippen LogP) is 11.4. The molecule has 7 aromatic carbocycles. The molecule has 2 N–H and O–H groups in total. The largest absolute Gasteiger partial charge is 0.505 e. The van der Waals surface area contributed by atoms with Gasteiger partial charge in [0.1, 0.15) is 5.75 Å². The van der Waals surface area contributed by atoms with Crippen LogP contribution in [0.3, 0.4) is 0 Å². The van der Waals surface area contributed by atoms with Gasteiger partial charge >= 0.3 is 0 Å². The molecule has 2 aromatic heterocycles. The molecule has 0 aliphatic heterocycles. The molecule has 0 saturated heterocycles. The number of nitrogens with one attached hydrogen (secondary N) is 1. The normalized spacial score (nSPS) is 11.7. The smallest absolute Gasteiger partial charge is 0.148 e. The number of aromatic nitrogens is 1. The summed E-state index contributed by atoms with van der Waals surface area (Å²) in [6.45, 7) is 0. The van der Waals surface area contributed by atoms with Crippen molar-refractivity contribution >= 4 is 75.5 Å². The van der Waals surface area contributed by atoms with E-state index in [0.29, 0.717) is 5.69 Å². The van der Waals surface area contributed by atoms with Gasteiger partial charge in [-0.05, 0) is 82.6 Å². The molecular formula is C40H26N2OS. The van der Waals surface area contributed by atoms with Crippen LogP contribution in [0, 0.1) is 0 Å². The Kier molecular flexibility index (Phi) is 5.52. The van der Waals surface area contributed by atoms with E-state index in [1.807, 2.05) is 18.2 Å². The maximum absolute atomic E-state index is 11.2. The van der Waals surface area contributed by atoms with Gasteiger partial charge in [-0.15, -0.1) is 11.3 Å². The molecule has 0 amide bonds. The Balaban J connectivity index is 1.04. The fraction of sp³-hybridized carbons (Fsp3) is 0. The first-order chi connectivity index (χ1) is 21.7. The summed E-state index contributed by atoms with van der Waals surface area (Å²) >= 11 is 1.70. The number of benzene rings is 7. The summed E-state index contributed by atoms with van der Waals surface area (Å²) in [6.07, 6.45) is 0. The van der Waals surface area contributed by atoms with Crippen molar-refractivity contribution in [2.75, 3.05) is 5.32 Å². The van der Waals surface area contributed by atoms with E-state index in [0.717, 1.165) is 38.0 Å². The Morgan fingerprint density at radius 3 is 1.98 bits per heavy atom. The summed E-state index contributed by atoms with van der Waals surface area (Å²) in [4.78, 5) is 0. The van der Waals surface area contributed by atoms with Gasteiger partial charge in [0.15, 0.2) is 0 Å². The lowest BCUT2D eigenvalue weighted by molar-refractivity contribution is 0.484. The van der Waals surface area contributed by atoms with Crippen molar-refractivity contribution in [2.24, 2.45) is 0 Å². The number of nitrogens with zero attached hydrogens (tertiary/aromatic N) is 1. The summed E-state index contributed by atoms with van der Waals surface area (Å²) < 4.78 is 4.63. The number of thiophene rings is 1. The van der Waals surface area contributed by atoms with Crippen molar-refractivity contribution in [1.29, 1.82) is 0 Å². The van der Waals surface area contributed by atoms with Crippen LogP contribution in [0.4, 0.5) is 11.4 Å². The standard InChI is InChI=1S/C40H26N2OS/c43-40-34(21-22-38-39(40)32-10-4-6-12-37(32)44-38)41-29-17-13-25(14-18-29)26-15-19-30(20-16-26)42-35-11-5-3-9-31(35)33-23-27-7-1-2-8-28(27)24-36(33)42/h1-24,41,43H. The van der Waals surface area contributed by atoms with Crippen molar-refractivity contribution in [2.45, 2.75) is 0 Å². The molecule has 0 radical (unpaired) electrons. The molecule has 0 unspecified atom stereocenters. The second kappa shape index (κ2) is 9.73. The van der Waals surface area contributed by atoms with Gasteiger partial charge in [0.25, 0.3) is 0 Å². The van der Waals surface area contributed by atoms with Gasteiger partial charge in [-0.3, -0.25) is 0 Å². The van der Waals surface area contributed by atoms with Crippen molar-refractivity contribution in [3.8, 4) is 22.6 Å². The van der Waals surface area contributed by atoms with E-state index in [1.165, 1.54) is 37.3 Å². The third-order valence-electron chi connectivity index (χ3n) is 8.68. The fourth-order valence-corrected chi connectivity index (χ4v) is 7.65. The summed E-state index contributed by atoms with van der Waals surface area (Å²) in [7, 11) is 0. The fourth-order valence-electron chi connectivity index (χ4n) is 6.54. The Bertz CT molecular complexity index is 2520. The topological polar surface area (TPSA) is 37.2 Å². The van der Waals surface area contributed by atoms with E-state index >= 15 is 0 Å². The van der Waals surface area contributed by atoms with E-state index in [4.69, 9.17) is 0 Å². The van der Waals surface area contributed by atoms with Crippen molar-refractivity contribution in [3.63, 3.8) is 0 Å². The number of phenolic OH excluding ortho intramolecular Hbond substituents is 1. The lowest BCUT2D eigenvalue weighted by atomic mass is 10.0. The highest BCUT2D eigenvalue weighted by Gasteiger charge is 2.15. The lowest BCUT2D eigenvalue weighted by Crippen LogP contribution is -1.94. The quantitative estimate of drug-likeness (QED) is 0.203. The number of phenols is 1. The molecule has 2 heterocycles. The maximum atomic E-state index is 11.2. The Morgan fingerprint density at radius 2 is 1.18 bits per heavy atom. The average molecular weight is 583 g/mol. The van der Waals surface area contributed by atoms with Crippen LogP contribution >= 0.6 is 11.3 Å². The minimum atomic E-state index is 0.290.